The van der Waals surface area contributed by atoms with Gasteiger partial charge < -0.3 is 16.0 Å². The molecular formula is C15H23N3OS. The highest BCUT2D eigenvalue weighted by molar-refractivity contribution is 7.80. The zero-order valence-corrected chi connectivity index (χ0v) is 13.0. The largest absolute Gasteiger partial charge is 0.389 e. The molecule has 0 fully saturated rings. The maximum absolute atomic E-state index is 12.0. The van der Waals surface area contributed by atoms with Gasteiger partial charge in [0.1, 0.15) is 4.99 Å². The van der Waals surface area contributed by atoms with Crippen molar-refractivity contribution in [2.75, 3.05) is 26.2 Å². The van der Waals surface area contributed by atoms with Crippen molar-refractivity contribution in [3.8, 4) is 0 Å². The summed E-state index contributed by atoms with van der Waals surface area (Å²) in [6.07, 6.45) is 1.13. The number of nitrogens with one attached hydrogen (secondary N) is 1. The quantitative estimate of drug-likeness (QED) is 0.717. The Kier molecular flexibility index (Phi) is 7.18. The average Bonchev–Trinajstić information content (AvgIpc) is 2.46. The number of benzene rings is 1. The van der Waals surface area contributed by atoms with Gasteiger partial charge in [-0.1, -0.05) is 38.2 Å². The Morgan fingerprint density at radius 1 is 1.20 bits per heavy atom. The SMILES string of the molecule is CCCN(CC)CCNC(=O)c1ccc(C(N)=S)cc1. The van der Waals surface area contributed by atoms with Crippen molar-refractivity contribution in [1.82, 2.24) is 10.2 Å². The molecule has 5 heteroatoms. The molecule has 0 aliphatic carbocycles. The number of likely N-dealkylation sites (N-methyl/N-ethyl adjacent to an activating group) is 1. The molecule has 1 aromatic carbocycles. The molecule has 0 bridgehead atoms. The second kappa shape index (κ2) is 8.66. The lowest BCUT2D eigenvalue weighted by Gasteiger charge is -2.19. The third-order valence-corrected chi connectivity index (χ3v) is 3.37. The van der Waals surface area contributed by atoms with Crippen LogP contribution in [-0.2, 0) is 0 Å². The van der Waals surface area contributed by atoms with Crippen molar-refractivity contribution in [2.45, 2.75) is 20.3 Å². The van der Waals surface area contributed by atoms with Crippen molar-refractivity contribution in [3.05, 3.63) is 35.4 Å². The summed E-state index contributed by atoms with van der Waals surface area (Å²) < 4.78 is 0. The van der Waals surface area contributed by atoms with E-state index in [0.29, 0.717) is 17.1 Å². The van der Waals surface area contributed by atoms with Crippen molar-refractivity contribution in [2.24, 2.45) is 5.73 Å². The standard InChI is InChI=1S/C15H23N3OS/c1-3-10-18(4-2)11-9-17-15(19)13-7-5-12(6-8-13)14(16)20/h5-8H,3-4,9-11H2,1-2H3,(H2,16,20)(H,17,19). The molecular weight excluding hydrogens is 270 g/mol. The molecule has 0 aliphatic rings. The third-order valence-electron chi connectivity index (χ3n) is 3.13. The molecule has 0 aliphatic heterocycles. The summed E-state index contributed by atoms with van der Waals surface area (Å²) in [5.74, 6) is -0.0629. The summed E-state index contributed by atoms with van der Waals surface area (Å²) in [5, 5.41) is 2.93. The molecule has 1 aromatic rings. The second-order valence-electron chi connectivity index (χ2n) is 4.63. The van der Waals surface area contributed by atoms with Crippen LogP contribution in [0.15, 0.2) is 24.3 Å². The van der Waals surface area contributed by atoms with E-state index >= 15 is 0 Å². The summed E-state index contributed by atoms with van der Waals surface area (Å²) in [6, 6.07) is 7.03. The Hall–Kier alpha value is -1.46. The fourth-order valence-corrected chi connectivity index (χ4v) is 2.10. The maximum Gasteiger partial charge on any atom is 0.251 e. The molecule has 1 amide bonds. The van der Waals surface area contributed by atoms with Crippen LogP contribution in [0, 0.1) is 0 Å². The van der Waals surface area contributed by atoms with Crippen LogP contribution in [0.1, 0.15) is 36.2 Å². The van der Waals surface area contributed by atoms with Gasteiger partial charge in [0.05, 0.1) is 0 Å². The van der Waals surface area contributed by atoms with E-state index in [0.717, 1.165) is 31.6 Å². The number of amides is 1. The summed E-state index contributed by atoms with van der Waals surface area (Å²) in [7, 11) is 0. The van der Waals surface area contributed by atoms with Gasteiger partial charge >= 0.3 is 0 Å². The average molecular weight is 293 g/mol. The number of carbonyl (C=O) groups excluding carboxylic acids is 1. The molecule has 0 radical (unpaired) electrons. The molecule has 3 N–H and O–H groups in total. The molecule has 110 valence electrons. The number of nitrogens with two attached hydrogens (primary N) is 1. The number of carbonyl (C=O) groups is 1. The highest BCUT2D eigenvalue weighted by Gasteiger charge is 2.06. The molecule has 0 heterocycles. The monoisotopic (exact) mass is 293 g/mol. The van der Waals surface area contributed by atoms with Crippen LogP contribution in [0.4, 0.5) is 0 Å². The molecule has 0 saturated carbocycles. The number of thiocarbonyl (C=S) groups is 1. The Morgan fingerprint density at radius 2 is 1.80 bits per heavy atom. The molecule has 0 saturated heterocycles. The van der Waals surface area contributed by atoms with E-state index in [2.05, 4.69) is 24.1 Å². The normalized spacial score (nSPS) is 10.6. The van der Waals surface area contributed by atoms with Crippen LogP contribution in [0.25, 0.3) is 0 Å². The fraction of sp³-hybridized carbons (Fsp3) is 0.467. The van der Waals surface area contributed by atoms with E-state index < -0.39 is 0 Å². The zero-order chi connectivity index (χ0) is 15.0. The van der Waals surface area contributed by atoms with E-state index in [9.17, 15) is 4.79 Å². The molecule has 0 aromatic heterocycles. The first-order valence-electron chi connectivity index (χ1n) is 6.98. The van der Waals surface area contributed by atoms with Crippen LogP contribution in [0.5, 0.6) is 0 Å². The molecule has 0 unspecified atom stereocenters. The van der Waals surface area contributed by atoms with E-state index in [1.165, 1.54) is 0 Å². The molecule has 0 spiro atoms. The predicted octanol–water partition coefficient (Wildman–Crippen LogP) is 1.78. The topological polar surface area (TPSA) is 58.4 Å². The van der Waals surface area contributed by atoms with Gasteiger partial charge in [0, 0.05) is 24.2 Å². The van der Waals surface area contributed by atoms with Crippen LogP contribution in [0.2, 0.25) is 0 Å². The Bertz CT molecular complexity index is 445. The first-order chi connectivity index (χ1) is 9.58. The maximum atomic E-state index is 12.0. The van der Waals surface area contributed by atoms with E-state index in [4.69, 9.17) is 18.0 Å². The van der Waals surface area contributed by atoms with Gasteiger partial charge in [0.15, 0.2) is 0 Å². The highest BCUT2D eigenvalue weighted by Crippen LogP contribution is 2.04. The second-order valence-corrected chi connectivity index (χ2v) is 5.07. The predicted molar refractivity (Wildman–Crippen MR) is 87.1 cm³/mol. The van der Waals surface area contributed by atoms with E-state index in [1.54, 1.807) is 24.3 Å². The van der Waals surface area contributed by atoms with Crippen molar-refractivity contribution in [1.29, 1.82) is 0 Å². The van der Waals surface area contributed by atoms with Gasteiger partial charge in [-0.25, -0.2) is 0 Å². The minimum absolute atomic E-state index is 0.0629. The summed E-state index contributed by atoms with van der Waals surface area (Å²) in [6.45, 7) is 7.89. The van der Waals surface area contributed by atoms with Gasteiger partial charge in [-0.2, -0.15) is 0 Å². The molecule has 4 nitrogen and oxygen atoms in total. The lowest BCUT2D eigenvalue weighted by Crippen LogP contribution is -2.35. The van der Waals surface area contributed by atoms with E-state index in [-0.39, 0.29) is 5.91 Å². The highest BCUT2D eigenvalue weighted by atomic mass is 32.1. The zero-order valence-electron chi connectivity index (χ0n) is 12.2. The fourth-order valence-electron chi connectivity index (χ4n) is 1.96. The summed E-state index contributed by atoms with van der Waals surface area (Å²) >= 11 is 4.88. The van der Waals surface area contributed by atoms with Gasteiger partial charge in [-0.3, -0.25) is 4.79 Å². The molecule has 1 rings (SSSR count). The first-order valence-corrected chi connectivity index (χ1v) is 7.39. The number of rotatable bonds is 8. The van der Waals surface area contributed by atoms with Crippen LogP contribution in [0.3, 0.4) is 0 Å². The third kappa shape index (κ3) is 5.27. The van der Waals surface area contributed by atoms with Crippen LogP contribution >= 0.6 is 12.2 Å². The molecule has 20 heavy (non-hydrogen) atoms. The van der Waals surface area contributed by atoms with E-state index in [1.807, 2.05) is 0 Å². The van der Waals surface area contributed by atoms with Crippen LogP contribution < -0.4 is 11.1 Å². The Morgan fingerprint density at radius 3 is 2.30 bits per heavy atom. The lowest BCUT2D eigenvalue weighted by atomic mass is 10.1. The minimum Gasteiger partial charge on any atom is -0.389 e. The number of hydrogen-bond acceptors (Lipinski definition) is 3. The molecule has 0 atom stereocenters. The van der Waals surface area contributed by atoms with Crippen molar-refractivity contribution < 1.29 is 4.79 Å². The van der Waals surface area contributed by atoms with Crippen LogP contribution in [-0.4, -0.2) is 42.0 Å². The first kappa shape index (κ1) is 16.6. The minimum atomic E-state index is -0.0629. The van der Waals surface area contributed by atoms with Gasteiger partial charge in [-0.05, 0) is 31.6 Å². The number of hydrogen-bond donors (Lipinski definition) is 2. The summed E-state index contributed by atoms with van der Waals surface area (Å²) in [4.78, 5) is 14.6. The summed E-state index contributed by atoms with van der Waals surface area (Å²) in [5.41, 5.74) is 6.93. The van der Waals surface area contributed by atoms with Gasteiger partial charge in [-0.15, -0.1) is 0 Å². The Labute approximate surface area is 126 Å². The van der Waals surface area contributed by atoms with Crippen molar-refractivity contribution >= 4 is 23.1 Å². The van der Waals surface area contributed by atoms with Gasteiger partial charge in [0.2, 0.25) is 0 Å². The number of nitrogens with zero attached hydrogens (tertiary/aromatic N) is 1. The smallest absolute Gasteiger partial charge is 0.251 e. The van der Waals surface area contributed by atoms with Crippen molar-refractivity contribution in [3.63, 3.8) is 0 Å². The lowest BCUT2D eigenvalue weighted by molar-refractivity contribution is 0.0948. The Balaban J connectivity index is 2.44. The van der Waals surface area contributed by atoms with Gasteiger partial charge in [0.25, 0.3) is 5.91 Å².